The Morgan fingerprint density at radius 2 is 1.79 bits per heavy atom. The van der Waals surface area contributed by atoms with Crippen LogP contribution in [-0.4, -0.2) is 29.4 Å². The zero-order valence-corrected chi connectivity index (χ0v) is 22.8. The number of hydrogen-bond acceptors (Lipinski definition) is 4. The predicted octanol–water partition coefficient (Wildman–Crippen LogP) is 6.76. The van der Waals surface area contributed by atoms with Crippen LogP contribution < -0.4 is 15.4 Å². The lowest BCUT2D eigenvalue weighted by atomic mass is 9.57. The van der Waals surface area contributed by atoms with Crippen molar-refractivity contribution in [2.45, 2.75) is 43.2 Å². The average Bonchev–Trinajstić information content (AvgIpc) is 3.18. The minimum absolute atomic E-state index is 0.0335. The van der Waals surface area contributed by atoms with Crippen LogP contribution in [0.2, 0.25) is 10.0 Å². The molecule has 3 heterocycles. The van der Waals surface area contributed by atoms with E-state index in [1.165, 1.54) is 6.08 Å². The van der Waals surface area contributed by atoms with E-state index in [1.54, 1.807) is 30.3 Å². The summed E-state index contributed by atoms with van der Waals surface area (Å²) in [7, 11) is 0. The molecule has 38 heavy (non-hydrogen) atoms. The summed E-state index contributed by atoms with van der Waals surface area (Å²) in [6.07, 6.45) is 7.06. The first-order chi connectivity index (χ1) is 18.4. The number of amides is 2. The van der Waals surface area contributed by atoms with E-state index in [1.807, 2.05) is 30.0 Å². The van der Waals surface area contributed by atoms with Crippen LogP contribution in [0.1, 0.15) is 42.9 Å². The van der Waals surface area contributed by atoms with Crippen LogP contribution in [0.5, 0.6) is 5.75 Å². The third-order valence-electron chi connectivity index (χ3n) is 8.13. The van der Waals surface area contributed by atoms with Crippen molar-refractivity contribution >= 4 is 52.5 Å². The Hall–Kier alpha value is -2.48. The van der Waals surface area contributed by atoms with Crippen molar-refractivity contribution in [1.29, 1.82) is 0 Å². The van der Waals surface area contributed by atoms with Gasteiger partial charge in [-0.2, -0.15) is 11.8 Å². The second kappa shape index (κ2) is 10.2. The summed E-state index contributed by atoms with van der Waals surface area (Å²) >= 11 is 14.7. The van der Waals surface area contributed by atoms with Crippen LogP contribution in [0.15, 0.2) is 60.5 Å². The molecule has 9 heteroatoms. The molecule has 5 nitrogen and oxygen atoms in total. The number of carbonyl (C=O) groups is 2. The van der Waals surface area contributed by atoms with Gasteiger partial charge in [0.1, 0.15) is 23.1 Å². The molecular weight excluding hydrogens is 546 g/mol. The van der Waals surface area contributed by atoms with Crippen LogP contribution in [0, 0.1) is 11.8 Å². The zero-order valence-electron chi connectivity index (χ0n) is 20.5. The molecule has 4 aliphatic rings. The van der Waals surface area contributed by atoms with Crippen LogP contribution in [0.25, 0.3) is 0 Å². The molecule has 1 aliphatic carbocycles. The van der Waals surface area contributed by atoms with Gasteiger partial charge in [-0.05, 0) is 78.2 Å². The van der Waals surface area contributed by atoms with Crippen molar-refractivity contribution < 1.29 is 18.7 Å². The first kappa shape index (κ1) is 25.8. The molecule has 2 aromatic carbocycles. The van der Waals surface area contributed by atoms with E-state index in [0.717, 1.165) is 29.9 Å². The highest BCUT2D eigenvalue weighted by Gasteiger charge is 2.62. The van der Waals surface area contributed by atoms with Gasteiger partial charge in [0.15, 0.2) is 0 Å². The van der Waals surface area contributed by atoms with Crippen LogP contribution in [0.4, 0.5) is 10.1 Å². The lowest BCUT2D eigenvalue weighted by molar-refractivity contribution is -0.135. The van der Waals surface area contributed by atoms with Gasteiger partial charge >= 0.3 is 0 Å². The van der Waals surface area contributed by atoms with Gasteiger partial charge in [0.05, 0.1) is 6.04 Å². The van der Waals surface area contributed by atoms with Gasteiger partial charge in [-0.15, -0.1) is 0 Å². The second-order valence-electron chi connectivity index (χ2n) is 10.3. The normalized spacial score (nSPS) is 29.0. The molecule has 1 unspecified atom stereocenters. The first-order valence-electron chi connectivity index (χ1n) is 12.8. The number of halogens is 3. The van der Waals surface area contributed by atoms with Crippen molar-refractivity contribution in [1.82, 2.24) is 5.32 Å². The lowest BCUT2D eigenvalue weighted by Gasteiger charge is -2.49. The Morgan fingerprint density at radius 1 is 1.03 bits per heavy atom. The number of allylic oxidation sites excluding steroid dienone is 4. The van der Waals surface area contributed by atoms with E-state index in [-0.39, 0.29) is 42.5 Å². The third-order valence-corrected chi connectivity index (χ3v) is 9.65. The van der Waals surface area contributed by atoms with E-state index in [9.17, 15) is 14.0 Å². The summed E-state index contributed by atoms with van der Waals surface area (Å²) in [5, 5.41) is 7.11. The molecule has 2 N–H and O–H groups in total. The SMILES string of the molecule is O=C1C[C@@H](C2C=CC=C(F)C2)[C@]2(C(=O)Nc3cc(Cl)ccc32)[C@@H](c2cc(Cl)ccc2OC2CCSCC2)N1. The van der Waals surface area contributed by atoms with Crippen molar-refractivity contribution in [2.24, 2.45) is 11.8 Å². The molecule has 6 rings (SSSR count). The van der Waals surface area contributed by atoms with Crippen molar-refractivity contribution in [3.8, 4) is 5.75 Å². The molecule has 2 saturated heterocycles. The highest BCUT2D eigenvalue weighted by atomic mass is 35.5. The number of rotatable bonds is 4. The standard InChI is InChI=1S/C29H27Cl2FN2O3S/c30-17-5-7-25(37-20-8-10-38-11-9-20)21(13-17)27-29(22-6-4-18(31)14-24(22)33-28(29)36)23(15-26(35)34-27)16-2-1-3-19(32)12-16/h1-7,13-14,16,20,23,27H,8-12,15H2,(H,33,36)(H,34,35)/t16?,23-,27+,29-/m0/s1. The summed E-state index contributed by atoms with van der Waals surface area (Å²) < 4.78 is 21.1. The van der Waals surface area contributed by atoms with E-state index >= 15 is 0 Å². The van der Waals surface area contributed by atoms with Gasteiger partial charge in [-0.25, -0.2) is 4.39 Å². The summed E-state index contributed by atoms with van der Waals surface area (Å²) in [5.41, 5.74) is 0.733. The monoisotopic (exact) mass is 572 g/mol. The largest absolute Gasteiger partial charge is 0.490 e. The fourth-order valence-electron chi connectivity index (χ4n) is 6.47. The third kappa shape index (κ3) is 4.42. The molecule has 198 valence electrons. The smallest absolute Gasteiger partial charge is 0.237 e. The molecule has 2 aromatic rings. The molecule has 0 bridgehead atoms. The minimum Gasteiger partial charge on any atom is -0.490 e. The molecule has 1 spiro atoms. The summed E-state index contributed by atoms with van der Waals surface area (Å²) in [4.78, 5) is 27.5. The number of ether oxygens (including phenoxy) is 1. The zero-order chi connectivity index (χ0) is 26.4. The number of thioether (sulfide) groups is 1. The lowest BCUT2D eigenvalue weighted by Crippen LogP contribution is -2.59. The molecule has 2 amide bonds. The Morgan fingerprint density at radius 3 is 2.58 bits per heavy atom. The number of hydrogen-bond donors (Lipinski definition) is 2. The topological polar surface area (TPSA) is 67.4 Å². The number of piperidine rings is 1. The Kier molecular flexibility index (Phi) is 6.95. The van der Waals surface area contributed by atoms with E-state index in [0.29, 0.717) is 27.0 Å². The number of nitrogens with one attached hydrogen (secondary N) is 2. The van der Waals surface area contributed by atoms with Gasteiger partial charge in [-0.3, -0.25) is 9.59 Å². The van der Waals surface area contributed by atoms with Gasteiger partial charge in [-0.1, -0.05) is 41.4 Å². The van der Waals surface area contributed by atoms with E-state index in [4.69, 9.17) is 27.9 Å². The number of anilines is 1. The summed E-state index contributed by atoms with van der Waals surface area (Å²) in [6, 6.07) is 9.89. The van der Waals surface area contributed by atoms with Gasteiger partial charge in [0, 0.05) is 34.1 Å². The molecule has 0 radical (unpaired) electrons. The number of carbonyl (C=O) groups excluding carboxylic acids is 2. The number of fused-ring (bicyclic) bond motifs is 2. The van der Waals surface area contributed by atoms with E-state index < -0.39 is 17.4 Å². The molecule has 2 fully saturated rings. The summed E-state index contributed by atoms with van der Waals surface area (Å²) in [5.74, 6) is 1.02. The number of benzene rings is 2. The predicted molar refractivity (Wildman–Crippen MR) is 150 cm³/mol. The molecule has 0 aromatic heterocycles. The quantitative estimate of drug-likeness (QED) is 0.424. The fraction of sp³-hybridized carbons (Fsp3) is 0.379. The van der Waals surface area contributed by atoms with Gasteiger partial charge < -0.3 is 15.4 Å². The molecule has 4 atom stereocenters. The van der Waals surface area contributed by atoms with E-state index in [2.05, 4.69) is 10.6 Å². The molecule has 3 aliphatic heterocycles. The second-order valence-corrected chi connectivity index (χ2v) is 12.4. The van der Waals surface area contributed by atoms with Gasteiger partial charge in [0.25, 0.3) is 0 Å². The maximum Gasteiger partial charge on any atom is 0.237 e. The van der Waals surface area contributed by atoms with Crippen LogP contribution in [0.3, 0.4) is 0 Å². The first-order valence-corrected chi connectivity index (χ1v) is 14.7. The highest BCUT2D eigenvalue weighted by Crippen LogP contribution is 2.58. The molecular formula is C29H27Cl2FN2O3S. The maximum atomic E-state index is 14.6. The van der Waals surface area contributed by atoms with Crippen molar-refractivity contribution in [3.05, 3.63) is 81.6 Å². The fourth-order valence-corrected chi connectivity index (χ4v) is 7.89. The summed E-state index contributed by atoms with van der Waals surface area (Å²) in [6.45, 7) is 0. The highest BCUT2D eigenvalue weighted by molar-refractivity contribution is 7.99. The average molecular weight is 574 g/mol. The Labute approximate surface area is 235 Å². The van der Waals surface area contributed by atoms with Crippen molar-refractivity contribution in [3.63, 3.8) is 0 Å². The molecule has 0 saturated carbocycles. The maximum absolute atomic E-state index is 14.6. The van der Waals surface area contributed by atoms with Gasteiger partial charge in [0.2, 0.25) is 11.8 Å². The Bertz CT molecular complexity index is 1360. The van der Waals surface area contributed by atoms with Crippen LogP contribution >= 0.6 is 35.0 Å². The van der Waals surface area contributed by atoms with Crippen LogP contribution in [-0.2, 0) is 15.0 Å². The minimum atomic E-state index is -1.23. The Balaban J connectivity index is 1.54. The van der Waals surface area contributed by atoms with Crippen molar-refractivity contribution in [2.75, 3.05) is 16.8 Å².